The van der Waals surface area contributed by atoms with E-state index in [0.717, 1.165) is 63.4 Å². The number of carbonyl (C=O) groups is 1. The molecular formula is C24H32Cl2N6O. The van der Waals surface area contributed by atoms with Crippen molar-refractivity contribution in [3.63, 3.8) is 0 Å². The van der Waals surface area contributed by atoms with Gasteiger partial charge >= 0.3 is 0 Å². The van der Waals surface area contributed by atoms with Crippen LogP contribution in [0.5, 0.6) is 0 Å². The molecule has 2 aliphatic rings. The second kappa shape index (κ2) is 10.5. The molecule has 178 valence electrons. The fourth-order valence-corrected chi connectivity index (χ4v) is 5.62. The molecular weight excluding hydrogens is 459 g/mol. The molecule has 4 rings (SSSR count). The van der Waals surface area contributed by atoms with Gasteiger partial charge in [0, 0.05) is 48.8 Å². The Morgan fingerprint density at radius 2 is 1.91 bits per heavy atom. The van der Waals surface area contributed by atoms with Crippen molar-refractivity contribution in [2.24, 2.45) is 5.73 Å². The molecule has 2 aliphatic heterocycles. The number of halogens is 2. The third kappa shape index (κ3) is 5.54. The topological polar surface area (TPSA) is 91.7 Å². The molecule has 7 nitrogen and oxygen atoms in total. The quantitative estimate of drug-likeness (QED) is 0.641. The van der Waals surface area contributed by atoms with E-state index < -0.39 is 5.91 Å². The molecule has 0 spiro atoms. The molecule has 1 aromatic heterocycles. The van der Waals surface area contributed by atoms with E-state index in [9.17, 15) is 4.79 Å². The molecule has 1 atom stereocenters. The van der Waals surface area contributed by atoms with Gasteiger partial charge in [-0.05, 0) is 56.1 Å². The second-order valence-corrected chi connectivity index (χ2v) is 9.84. The van der Waals surface area contributed by atoms with E-state index in [1.807, 2.05) is 12.1 Å². The highest BCUT2D eigenvalue weighted by Gasteiger charge is 2.34. The van der Waals surface area contributed by atoms with Crippen LogP contribution in [-0.2, 0) is 6.54 Å². The summed E-state index contributed by atoms with van der Waals surface area (Å²) in [5.41, 5.74) is 13.4. The lowest BCUT2D eigenvalue weighted by Gasteiger charge is -2.47. The minimum absolute atomic E-state index is 0.429. The first-order chi connectivity index (χ1) is 15.9. The van der Waals surface area contributed by atoms with Crippen LogP contribution in [0.3, 0.4) is 0 Å². The zero-order chi connectivity index (χ0) is 23.5. The van der Waals surface area contributed by atoms with Gasteiger partial charge in [-0.2, -0.15) is 0 Å². The first-order valence-electron chi connectivity index (χ1n) is 11.6. The monoisotopic (exact) mass is 490 g/mol. The summed E-state index contributed by atoms with van der Waals surface area (Å²) in [6, 6.07) is 8.20. The first-order valence-corrected chi connectivity index (χ1v) is 12.3. The maximum absolute atomic E-state index is 11.8. The van der Waals surface area contributed by atoms with Crippen molar-refractivity contribution in [2.45, 2.75) is 44.8 Å². The lowest BCUT2D eigenvalue weighted by molar-refractivity contribution is 0.0609. The van der Waals surface area contributed by atoms with Crippen LogP contribution in [0.25, 0.3) is 0 Å². The molecule has 3 heterocycles. The predicted molar refractivity (Wildman–Crippen MR) is 135 cm³/mol. The van der Waals surface area contributed by atoms with Gasteiger partial charge < -0.3 is 16.4 Å². The molecule has 4 N–H and O–H groups in total. The van der Waals surface area contributed by atoms with Crippen molar-refractivity contribution in [1.29, 1.82) is 0 Å². The summed E-state index contributed by atoms with van der Waals surface area (Å²) in [7, 11) is 0. The van der Waals surface area contributed by atoms with Gasteiger partial charge in [-0.15, -0.1) is 0 Å². The number of aromatic nitrogens is 1. The van der Waals surface area contributed by atoms with Gasteiger partial charge in [-0.25, -0.2) is 4.98 Å². The fourth-order valence-electron chi connectivity index (χ4n) is 5.15. The fraction of sp³-hybridized carbons (Fsp3) is 0.500. The summed E-state index contributed by atoms with van der Waals surface area (Å²) in [6.45, 7) is 7.77. The number of pyridine rings is 1. The van der Waals surface area contributed by atoms with Crippen LogP contribution in [0.4, 0.5) is 11.5 Å². The lowest BCUT2D eigenvalue weighted by atomic mass is 9.97. The van der Waals surface area contributed by atoms with Crippen molar-refractivity contribution >= 4 is 40.6 Å². The Balaban J connectivity index is 1.36. The highest BCUT2D eigenvalue weighted by molar-refractivity contribution is 6.33. The summed E-state index contributed by atoms with van der Waals surface area (Å²) in [6.07, 6.45) is 4.97. The zero-order valence-corrected chi connectivity index (χ0v) is 20.5. The van der Waals surface area contributed by atoms with E-state index >= 15 is 0 Å². The number of piperazine rings is 1. The van der Waals surface area contributed by atoms with Crippen LogP contribution >= 0.6 is 23.2 Å². The molecule has 0 bridgehead atoms. The average molecular weight is 491 g/mol. The number of primary amides is 1. The molecule has 2 aromatic rings. The predicted octanol–water partition coefficient (Wildman–Crippen LogP) is 3.63. The Hall–Kier alpha value is -2.06. The molecule has 0 aliphatic carbocycles. The SMILES string of the molecule is CCC1CN(c2ncc(N)cc2Cl)CCN1C1CCN(Cc2ccc(Cl)cc2C(N)=O)CC1. The van der Waals surface area contributed by atoms with Gasteiger partial charge in [0.15, 0.2) is 0 Å². The van der Waals surface area contributed by atoms with Crippen molar-refractivity contribution in [3.05, 3.63) is 51.6 Å². The minimum Gasteiger partial charge on any atom is -0.397 e. The van der Waals surface area contributed by atoms with E-state index in [2.05, 4.69) is 26.6 Å². The van der Waals surface area contributed by atoms with Crippen LogP contribution in [0.1, 0.15) is 42.1 Å². The van der Waals surface area contributed by atoms with Crippen molar-refractivity contribution in [2.75, 3.05) is 43.4 Å². The second-order valence-electron chi connectivity index (χ2n) is 8.99. The number of nitrogen functional groups attached to an aromatic ring is 1. The number of benzene rings is 1. The molecule has 0 radical (unpaired) electrons. The highest BCUT2D eigenvalue weighted by Crippen LogP contribution is 2.30. The summed E-state index contributed by atoms with van der Waals surface area (Å²) in [4.78, 5) is 23.7. The lowest BCUT2D eigenvalue weighted by Crippen LogP contribution is -2.58. The van der Waals surface area contributed by atoms with Crippen molar-refractivity contribution in [1.82, 2.24) is 14.8 Å². The number of rotatable bonds is 6. The minimum atomic E-state index is -0.429. The highest BCUT2D eigenvalue weighted by atomic mass is 35.5. The summed E-state index contributed by atoms with van der Waals surface area (Å²) < 4.78 is 0. The van der Waals surface area contributed by atoms with Gasteiger partial charge in [0.05, 0.1) is 16.9 Å². The number of piperidine rings is 1. The molecule has 9 heteroatoms. The summed E-state index contributed by atoms with van der Waals surface area (Å²) in [5.74, 6) is 0.397. The van der Waals surface area contributed by atoms with Gasteiger partial charge in [-0.1, -0.05) is 36.2 Å². The molecule has 1 unspecified atom stereocenters. The van der Waals surface area contributed by atoms with Gasteiger partial charge in [0.2, 0.25) is 5.91 Å². The Morgan fingerprint density at radius 3 is 2.58 bits per heavy atom. The molecule has 33 heavy (non-hydrogen) atoms. The van der Waals surface area contributed by atoms with Crippen LogP contribution in [0.2, 0.25) is 10.0 Å². The van der Waals surface area contributed by atoms with E-state index in [-0.39, 0.29) is 0 Å². The van der Waals surface area contributed by atoms with E-state index in [1.54, 1.807) is 18.3 Å². The average Bonchev–Trinajstić information content (AvgIpc) is 2.80. The van der Waals surface area contributed by atoms with Crippen LogP contribution in [-0.4, -0.2) is 65.5 Å². The van der Waals surface area contributed by atoms with Crippen molar-refractivity contribution < 1.29 is 4.79 Å². The van der Waals surface area contributed by atoms with Crippen molar-refractivity contribution in [3.8, 4) is 0 Å². The number of hydrogen-bond acceptors (Lipinski definition) is 6. The zero-order valence-electron chi connectivity index (χ0n) is 19.0. The maximum atomic E-state index is 11.8. The molecule has 0 saturated carbocycles. The number of amides is 1. The number of carbonyl (C=O) groups excluding carboxylic acids is 1. The van der Waals surface area contributed by atoms with Gasteiger partial charge in [0.25, 0.3) is 0 Å². The maximum Gasteiger partial charge on any atom is 0.249 e. The van der Waals surface area contributed by atoms with Crippen LogP contribution < -0.4 is 16.4 Å². The van der Waals surface area contributed by atoms with E-state index in [0.29, 0.717) is 39.9 Å². The van der Waals surface area contributed by atoms with Gasteiger partial charge in [-0.3, -0.25) is 14.6 Å². The smallest absolute Gasteiger partial charge is 0.249 e. The molecule has 2 saturated heterocycles. The third-order valence-electron chi connectivity index (χ3n) is 6.90. The standard InChI is InChI=1S/C24H32Cl2N6O/c1-2-19-15-31(24-22(26)12-18(27)13-29-24)9-10-32(19)20-5-7-30(8-6-20)14-16-3-4-17(25)11-21(16)23(28)33/h3-4,11-13,19-20H,2,5-10,14-15,27H2,1H3,(H2,28,33). The van der Waals surface area contributed by atoms with E-state index in [4.69, 9.17) is 34.7 Å². The Morgan fingerprint density at radius 1 is 1.15 bits per heavy atom. The molecule has 1 amide bonds. The third-order valence-corrected chi connectivity index (χ3v) is 7.41. The van der Waals surface area contributed by atoms with Crippen LogP contribution in [0, 0.1) is 0 Å². The molecule has 1 aromatic carbocycles. The number of nitrogens with zero attached hydrogens (tertiary/aromatic N) is 4. The molecule has 2 fully saturated rings. The number of nitrogens with two attached hydrogens (primary N) is 2. The Kier molecular flexibility index (Phi) is 7.64. The largest absolute Gasteiger partial charge is 0.397 e. The normalized spacial score (nSPS) is 20.8. The van der Waals surface area contributed by atoms with Crippen LogP contribution in [0.15, 0.2) is 30.5 Å². The number of hydrogen-bond donors (Lipinski definition) is 2. The number of likely N-dealkylation sites (tertiary alicyclic amines) is 1. The summed E-state index contributed by atoms with van der Waals surface area (Å²) in [5, 5.41) is 1.15. The Labute approximate surface area is 205 Å². The van der Waals surface area contributed by atoms with E-state index in [1.165, 1.54) is 0 Å². The van der Waals surface area contributed by atoms with Gasteiger partial charge in [0.1, 0.15) is 5.82 Å². The number of anilines is 2. The first kappa shape index (κ1) is 24.1. The Bertz CT molecular complexity index is 995. The summed E-state index contributed by atoms with van der Waals surface area (Å²) >= 11 is 12.5.